The summed E-state index contributed by atoms with van der Waals surface area (Å²) >= 11 is 0. The molecule has 0 radical (unpaired) electrons. The maximum Gasteiger partial charge on any atom is 0.0541 e. The second kappa shape index (κ2) is 13.7. The minimum absolute atomic E-state index is 0.00633. The molecule has 2 nitrogen and oxygen atoms in total. The van der Waals surface area contributed by atoms with Gasteiger partial charge in [0.15, 0.2) is 0 Å². The molecule has 0 fully saturated rings. The molecule has 2 aliphatic rings. The van der Waals surface area contributed by atoms with Gasteiger partial charge in [-0.1, -0.05) is 155 Å². The first-order valence-corrected chi connectivity index (χ1v) is 22.3. The Labute approximate surface area is 364 Å². The van der Waals surface area contributed by atoms with E-state index in [9.17, 15) is 0 Å². The predicted octanol–water partition coefficient (Wildman–Crippen LogP) is 16.5. The third kappa shape index (κ3) is 5.16. The molecule has 0 bridgehead atoms. The van der Waals surface area contributed by atoms with Gasteiger partial charge >= 0.3 is 0 Å². The van der Waals surface area contributed by atoms with Gasteiger partial charge in [0.1, 0.15) is 0 Å². The number of nitrogens with zero attached hydrogens (tertiary/aromatic N) is 2. The third-order valence-electron chi connectivity index (χ3n) is 14.6. The highest BCUT2D eigenvalue weighted by Gasteiger charge is 2.42. The summed E-state index contributed by atoms with van der Waals surface area (Å²) < 4.78 is 2.49. The molecule has 9 aromatic carbocycles. The van der Waals surface area contributed by atoms with E-state index in [1.807, 2.05) is 0 Å². The van der Waals surface area contributed by atoms with Crippen LogP contribution in [0.1, 0.15) is 62.8 Å². The number of aromatic nitrogens is 1. The van der Waals surface area contributed by atoms with Gasteiger partial charge < -0.3 is 9.47 Å². The van der Waals surface area contributed by atoms with E-state index in [0.29, 0.717) is 0 Å². The van der Waals surface area contributed by atoms with E-state index in [1.165, 1.54) is 111 Å². The Hall–Kier alpha value is -7.16. The molecule has 2 heterocycles. The van der Waals surface area contributed by atoms with Crippen LogP contribution in [0.2, 0.25) is 0 Å². The van der Waals surface area contributed by atoms with E-state index < -0.39 is 0 Å². The fourth-order valence-corrected chi connectivity index (χ4v) is 11.5. The molecule has 10 aromatic rings. The first-order chi connectivity index (χ1) is 30.4. The van der Waals surface area contributed by atoms with E-state index in [-0.39, 0.29) is 10.8 Å². The molecule has 12 rings (SSSR count). The van der Waals surface area contributed by atoms with Crippen molar-refractivity contribution in [3.05, 3.63) is 216 Å². The van der Waals surface area contributed by atoms with Crippen molar-refractivity contribution in [1.82, 2.24) is 4.57 Å². The maximum atomic E-state index is 2.49. The second-order valence-corrected chi connectivity index (χ2v) is 17.9. The molecule has 0 saturated carbocycles. The van der Waals surface area contributed by atoms with Gasteiger partial charge in [0.2, 0.25) is 0 Å². The number of para-hydroxylation sites is 2. The molecule has 1 aromatic heterocycles. The summed E-state index contributed by atoms with van der Waals surface area (Å²) in [5.41, 5.74) is 20.3. The van der Waals surface area contributed by atoms with Crippen molar-refractivity contribution in [2.24, 2.45) is 0 Å². The monoisotopic (exact) mass is 796 g/mol. The Balaban J connectivity index is 1.01. The largest absolute Gasteiger partial charge is 0.310 e. The lowest BCUT2D eigenvalue weighted by Gasteiger charge is -2.42. The van der Waals surface area contributed by atoms with Gasteiger partial charge in [-0.15, -0.1) is 0 Å². The molecule has 0 amide bonds. The van der Waals surface area contributed by atoms with Gasteiger partial charge in [-0.25, -0.2) is 0 Å². The van der Waals surface area contributed by atoms with Gasteiger partial charge in [-0.3, -0.25) is 0 Å². The van der Waals surface area contributed by atoms with E-state index in [0.717, 1.165) is 12.8 Å². The highest BCUT2D eigenvalue weighted by atomic mass is 15.2. The Kier molecular flexibility index (Phi) is 8.09. The Morgan fingerprint density at radius 3 is 1.74 bits per heavy atom. The minimum Gasteiger partial charge on any atom is -0.310 e. The van der Waals surface area contributed by atoms with Crippen molar-refractivity contribution in [3.63, 3.8) is 0 Å². The van der Waals surface area contributed by atoms with Crippen molar-refractivity contribution in [3.8, 4) is 39.1 Å². The summed E-state index contributed by atoms with van der Waals surface area (Å²) in [5, 5.41) is 5.19. The summed E-state index contributed by atoms with van der Waals surface area (Å²) in [5.74, 6) is 0. The number of fused-ring (bicyclic) bond motifs is 10. The van der Waals surface area contributed by atoms with Crippen LogP contribution >= 0.6 is 0 Å². The van der Waals surface area contributed by atoms with Crippen LogP contribution in [0.4, 0.5) is 17.1 Å². The van der Waals surface area contributed by atoms with Crippen LogP contribution in [0.15, 0.2) is 194 Å². The third-order valence-corrected chi connectivity index (χ3v) is 14.6. The topological polar surface area (TPSA) is 8.17 Å². The average molecular weight is 797 g/mol. The molecule has 0 N–H and O–H groups in total. The first kappa shape index (κ1) is 36.7. The van der Waals surface area contributed by atoms with Crippen LogP contribution < -0.4 is 4.90 Å². The number of hydrogen-bond acceptors (Lipinski definition) is 1. The maximum absolute atomic E-state index is 2.49. The zero-order chi connectivity index (χ0) is 41.7. The van der Waals surface area contributed by atoms with Crippen LogP contribution in [0, 0.1) is 0 Å². The van der Waals surface area contributed by atoms with E-state index >= 15 is 0 Å². The quantitative estimate of drug-likeness (QED) is 0.163. The molecule has 298 valence electrons. The summed E-state index contributed by atoms with van der Waals surface area (Å²) in [4.78, 5) is 2.45. The standard InChI is InChI=1S/C60H48N2/c1-5-60(6-2)51-23-15-13-21-46(51)48-31-26-40-25-30-45(38-49(40)58(48)60)62-54-24-16-14-22-47(54)50-35-41(27-32-55(50)62)43-29-34-57-53(37-43)59(3,4)52-36-42(39-17-9-7-10-18-39)28-33-56(52)61(57)44-19-11-8-12-20-44/h7-38H,5-6H2,1-4H3. The fraction of sp³-hybridized carbons (Fsp3) is 0.133. The summed E-state index contributed by atoms with van der Waals surface area (Å²) in [6.07, 6.45) is 2.14. The minimum atomic E-state index is -0.248. The van der Waals surface area contributed by atoms with Gasteiger partial charge in [0.25, 0.3) is 0 Å². The van der Waals surface area contributed by atoms with Crippen molar-refractivity contribution in [2.45, 2.75) is 51.4 Å². The van der Waals surface area contributed by atoms with Crippen molar-refractivity contribution >= 4 is 49.6 Å². The van der Waals surface area contributed by atoms with Gasteiger partial charge in [-0.2, -0.15) is 0 Å². The summed E-state index contributed by atoms with van der Waals surface area (Å²) in [7, 11) is 0. The zero-order valence-corrected chi connectivity index (χ0v) is 35.8. The Morgan fingerprint density at radius 2 is 1.00 bits per heavy atom. The van der Waals surface area contributed by atoms with E-state index in [4.69, 9.17) is 0 Å². The molecule has 2 heteroatoms. The van der Waals surface area contributed by atoms with Gasteiger partial charge in [-0.05, 0) is 146 Å². The molecule has 0 saturated heterocycles. The fourth-order valence-electron chi connectivity index (χ4n) is 11.5. The molecule has 1 aliphatic carbocycles. The van der Waals surface area contributed by atoms with Crippen LogP contribution in [0.25, 0.3) is 71.6 Å². The number of benzene rings is 9. The van der Waals surface area contributed by atoms with Crippen molar-refractivity contribution in [1.29, 1.82) is 0 Å². The summed E-state index contributed by atoms with van der Waals surface area (Å²) in [6.45, 7) is 9.52. The molecule has 0 unspecified atom stereocenters. The predicted molar refractivity (Wildman–Crippen MR) is 263 cm³/mol. The normalized spacial score (nSPS) is 14.5. The van der Waals surface area contributed by atoms with Crippen LogP contribution in [0.5, 0.6) is 0 Å². The molecule has 1 aliphatic heterocycles. The SMILES string of the molecule is CCC1(CC)c2ccccc2-c2ccc3ccc(-n4c5ccccc5c5cc(-c6ccc7c(c6)C(C)(C)c6cc(-c8ccccc8)ccc6N7c6ccccc6)ccc54)cc3c21. The first-order valence-electron chi connectivity index (χ1n) is 22.3. The Morgan fingerprint density at radius 1 is 0.403 bits per heavy atom. The van der Waals surface area contributed by atoms with Crippen molar-refractivity contribution in [2.75, 3.05) is 4.90 Å². The number of anilines is 3. The van der Waals surface area contributed by atoms with E-state index in [2.05, 4.69) is 231 Å². The van der Waals surface area contributed by atoms with Gasteiger partial charge in [0, 0.05) is 33.0 Å². The van der Waals surface area contributed by atoms with E-state index in [1.54, 1.807) is 0 Å². The lowest BCUT2D eigenvalue weighted by Crippen LogP contribution is -2.30. The molecule has 0 spiro atoms. The Bertz CT molecular complexity index is 3400. The number of hydrogen-bond donors (Lipinski definition) is 0. The average Bonchev–Trinajstić information content (AvgIpc) is 3.82. The van der Waals surface area contributed by atoms with Crippen LogP contribution in [0.3, 0.4) is 0 Å². The van der Waals surface area contributed by atoms with Crippen LogP contribution in [-0.4, -0.2) is 4.57 Å². The second-order valence-electron chi connectivity index (χ2n) is 17.9. The molecule has 62 heavy (non-hydrogen) atoms. The summed E-state index contributed by atoms with van der Waals surface area (Å²) in [6, 6.07) is 72.7. The number of rotatable bonds is 6. The zero-order valence-electron chi connectivity index (χ0n) is 35.8. The lowest BCUT2D eigenvalue weighted by atomic mass is 9.72. The highest BCUT2D eigenvalue weighted by molar-refractivity contribution is 6.11. The van der Waals surface area contributed by atoms with Crippen molar-refractivity contribution < 1.29 is 0 Å². The van der Waals surface area contributed by atoms with Crippen LogP contribution in [-0.2, 0) is 10.8 Å². The molecule has 0 atom stereocenters. The highest BCUT2D eigenvalue weighted by Crippen LogP contribution is 2.56. The van der Waals surface area contributed by atoms with Gasteiger partial charge in [0.05, 0.1) is 22.4 Å². The smallest absolute Gasteiger partial charge is 0.0541 e. The molecular weight excluding hydrogens is 749 g/mol. The lowest BCUT2D eigenvalue weighted by molar-refractivity contribution is 0.494. The molecular formula is C60H48N2.